The fourth-order valence-electron chi connectivity index (χ4n) is 2.58. The summed E-state index contributed by atoms with van der Waals surface area (Å²) in [5.41, 5.74) is 7.39. The third-order valence-electron chi connectivity index (χ3n) is 3.67. The second-order valence-corrected chi connectivity index (χ2v) is 6.53. The fourth-order valence-corrected chi connectivity index (χ4v) is 2.58. The molecule has 0 spiro atoms. The predicted molar refractivity (Wildman–Crippen MR) is 81.9 cm³/mol. The highest BCUT2D eigenvalue weighted by atomic mass is 16.6. The van der Waals surface area contributed by atoms with Crippen LogP contribution in [0, 0.1) is 0 Å². The van der Waals surface area contributed by atoms with Crippen LogP contribution in [-0.4, -0.2) is 34.7 Å². The molecular formula is C16H25N3O2. The maximum atomic E-state index is 12.0. The van der Waals surface area contributed by atoms with Gasteiger partial charge in [-0.2, -0.15) is 0 Å². The first-order valence-electron chi connectivity index (χ1n) is 7.52. The zero-order valence-corrected chi connectivity index (χ0v) is 13.1. The predicted octanol–water partition coefficient (Wildman–Crippen LogP) is 2.65. The van der Waals surface area contributed by atoms with Gasteiger partial charge in [-0.05, 0) is 57.2 Å². The molecule has 116 valence electrons. The molecule has 0 saturated carbocycles. The molecule has 1 saturated heterocycles. The average molecular weight is 291 g/mol. The standard InChI is InChI=1S/C16H25N3O2/c1-16(2,3)21-15(20)19-8-5-12(6-9-19)13-4-7-18-14(10-13)11-17/h4,7,10,12H,5-6,8-9,11,17H2,1-3H3. The second kappa shape index (κ2) is 6.43. The fraction of sp³-hybridized carbons (Fsp3) is 0.625. The van der Waals surface area contributed by atoms with Gasteiger partial charge < -0.3 is 15.4 Å². The van der Waals surface area contributed by atoms with E-state index in [0.29, 0.717) is 12.5 Å². The lowest BCUT2D eigenvalue weighted by molar-refractivity contribution is 0.0205. The van der Waals surface area contributed by atoms with E-state index < -0.39 is 5.60 Å². The number of hydrogen-bond acceptors (Lipinski definition) is 4. The minimum absolute atomic E-state index is 0.210. The van der Waals surface area contributed by atoms with Crippen LogP contribution in [0.3, 0.4) is 0 Å². The van der Waals surface area contributed by atoms with E-state index in [1.165, 1.54) is 5.56 Å². The van der Waals surface area contributed by atoms with Gasteiger partial charge in [0.05, 0.1) is 5.69 Å². The van der Waals surface area contributed by atoms with Crippen LogP contribution in [0.2, 0.25) is 0 Å². The number of nitrogens with two attached hydrogens (primary N) is 1. The molecule has 1 aromatic rings. The van der Waals surface area contributed by atoms with Crippen molar-refractivity contribution in [2.75, 3.05) is 13.1 Å². The van der Waals surface area contributed by atoms with Gasteiger partial charge >= 0.3 is 6.09 Å². The Morgan fingerprint density at radius 2 is 2.10 bits per heavy atom. The smallest absolute Gasteiger partial charge is 0.410 e. The van der Waals surface area contributed by atoms with Crippen LogP contribution < -0.4 is 5.73 Å². The summed E-state index contributed by atoms with van der Waals surface area (Å²) in [6.07, 6.45) is 3.51. The molecule has 5 nitrogen and oxygen atoms in total. The highest BCUT2D eigenvalue weighted by Gasteiger charge is 2.27. The van der Waals surface area contributed by atoms with Crippen LogP contribution in [0.4, 0.5) is 4.79 Å². The molecule has 1 fully saturated rings. The van der Waals surface area contributed by atoms with Crippen LogP contribution >= 0.6 is 0 Å². The number of likely N-dealkylation sites (tertiary alicyclic amines) is 1. The highest BCUT2D eigenvalue weighted by molar-refractivity contribution is 5.68. The Labute approximate surface area is 126 Å². The van der Waals surface area contributed by atoms with Crippen molar-refractivity contribution in [1.29, 1.82) is 0 Å². The zero-order chi connectivity index (χ0) is 15.5. The molecule has 1 aromatic heterocycles. The Morgan fingerprint density at radius 1 is 1.43 bits per heavy atom. The number of rotatable bonds is 2. The van der Waals surface area contributed by atoms with Gasteiger partial charge in [-0.3, -0.25) is 4.98 Å². The number of piperidine rings is 1. The van der Waals surface area contributed by atoms with Gasteiger partial charge in [0.2, 0.25) is 0 Å². The topological polar surface area (TPSA) is 68.5 Å². The molecule has 0 radical (unpaired) electrons. The molecular weight excluding hydrogens is 266 g/mol. The van der Waals surface area contributed by atoms with Crippen molar-refractivity contribution in [1.82, 2.24) is 9.88 Å². The number of amides is 1. The molecule has 0 aromatic carbocycles. The van der Waals surface area contributed by atoms with E-state index in [1.54, 1.807) is 4.90 Å². The van der Waals surface area contributed by atoms with E-state index in [4.69, 9.17) is 10.5 Å². The Morgan fingerprint density at radius 3 is 2.67 bits per heavy atom. The monoisotopic (exact) mass is 291 g/mol. The van der Waals surface area contributed by atoms with Crippen molar-refractivity contribution in [3.8, 4) is 0 Å². The van der Waals surface area contributed by atoms with Gasteiger partial charge in [-0.15, -0.1) is 0 Å². The van der Waals surface area contributed by atoms with Crippen molar-refractivity contribution in [3.63, 3.8) is 0 Å². The van der Waals surface area contributed by atoms with Gasteiger partial charge in [0.15, 0.2) is 0 Å². The van der Waals surface area contributed by atoms with Crippen molar-refractivity contribution in [2.24, 2.45) is 5.73 Å². The second-order valence-electron chi connectivity index (χ2n) is 6.53. The van der Waals surface area contributed by atoms with Gasteiger partial charge in [0.25, 0.3) is 0 Å². The molecule has 1 aliphatic rings. The molecule has 5 heteroatoms. The van der Waals surface area contributed by atoms with Crippen LogP contribution in [0.1, 0.15) is 50.8 Å². The summed E-state index contributed by atoms with van der Waals surface area (Å²) >= 11 is 0. The van der Waals surface area contributed by atoms with E-state index in [0.717, 1.165) is 31.6 Å². The summed E-state index contributed by atoms with van der Waals surface area (Å²) in [5, 5.41) is 0. The molecule has 0 aliphatic carbocycles. The summed E-state index contributed by atoms with van der Waals surface area (Å²) in [6.45, 7) is 7.61. The lowest BCUT2D eigenvalue weighted by Gasteiger charge is -2.33. The first kappa shape index (κ1) is 15.8. The molecule has 2 rings (SSSR count). The number of ether oxygens (including phenoxy) is 1. The Kier molecular flexibility index (Phi) is 4.83. The molecule has 21 heavy (non-hydrogen) atoms. The van der Waals surface area contributed by atoms with E-state index >= 15 is 0 Å². The van der Waals surface area contributed by atoms with E-state index in [9.17, 15) is 4.79 Å². The summed E-state index contributed by atoms with van der Waals surface area (Å²) in [5.74, 6) is 0.469. The third-order valence-corrected chi connectivity index (χ3v) is 3.67. The molecule has 0 atom stereocenters. The van der Waals surface area contributed by atoms with Crippen molar-refractivity contribution >= 4 is 6.09 Å². The maximum Gasteiger partial charge on any atom is 0.410 e. The highest BCUT2D eigenvalue weighted by Crippen LogP contribution is 2.28. The minimum atomic E-state index is -0.435. The van der Waals surface area contributed by atoms with Gasteiger partial charge in [-0.25, -0.2) is 4.79 Å². The van der Waals surface area contributed by atoms with Gasteiger partial charge in [0.1, 0.15) is 5.60 Å². The van der Waals surface area contributed by atoms with E-state index in [-0.39, 0.29) is 6.09 Å². The Bertz CT molecular complexity index is 489. The molecule has 1 aliphatic heterocycles. The number of nitrogens with zero attached hydrogens (tertiary/aromatic N) is 2. The lowest BCUT2D eigenvalue weighted by Crippen LogP contribution is -2.41. The normalized spacial score (nSPS) is 16.9. The summed E-state index contributed by atoms with van der Waals surface area (Å²) in [4.78, 5) is 18.1. The first-order chi connectivity index (χ1) is 9.89. The van der Waals surface area contributed by atoms with Crippen LogP contribution in [0.15, 0.2) is 18.3 Å². The van der Waals surface area contributed by atoms with Gasteiger partial charge in [0, 0.05) is 25.8 Å². The van der Waals surface area contributed by atoms with Crippen LogP contribution in [-0.2, 0) is 11.3 Å². The number of pyridine rings is 1. The maximum absolute atomic E-state index is 12.0. The van der Waals surface area contributed by atoms with Crippen molar-refractivity contribution in [2.45, 2.75) is 51.7 Å². The van der Waals surface area contributed by atoms with Crippen molar-refractivity contribution in [3.05, 3.63) is 29.6 Å². The Balaban J connectivity index is 1.92. The lowest BCUT2D eigenvalue weighted by atomic mass is 9.90. The molecule has 2 N–H and O–H groups in total. The minimum Gasteiger partial charge on any atom is -0.444 e. The number of carbonyl (C=O) groups excluding carboxylic acids is 1. The van der Waals surface area contributed by atoms with Crippen LogP contribution in [0.25, 0.3) is 0 Å². The SMILES string of the molecule is CC(C)(C)OC(=O)N1CCC(c2ccnc(CN)c2)CC1. The first-order valence-corrected chi connectivity index (χ1v) is 7.52. The summed E-state index contributed by atoms with van der Waals surface area (Å²) in [7, 11) is 0. The number of hydrogen-bond donors (Lipinski definition) is 1. The quantitative estimate of drug-likeness (QED) is 0.909. The molecule has 2 heterocycles. The summed E-state index contributed by atoms with van der Waals surface area (Å²) < 4.78 is 5.42. The largest absolute Gasteiger partial charge is 0.444 e. The zero-order valence-electron chi connectivity index (χ0n) is 13.1. The molecule has 0 unspecified atom stereocenters. The molecule has 0 bridgehead atoms. The van der Waals surface area contributed by atoms with Crippen LogP contribution in [0.5, 0.6) is 0 Å². The van der Waals surface area contributed by atoms with Crippen molar-refractivity contribution < 1.29 is 9.53 Å². The molecule has 1 amide bonds. The number of carbonyl (C=O) groups is 1. The van der Waals surface area contributed by atoms with E-state index in [2.05, 4.69) is 11.1 Å². The third kappa shape index (κ3) is 4.43. The van der Waals surface area contributed by atoms with Gasteiger partial charge in [-0.1, -0.05) is 0 Å². The van der Waals surface area contributed by atoms with E-state index in [1.807, 2.05) is 33.0 Å². The summed E-state index contributed by atoms with van der Waals surface area (Å²) in [6, 6.07) is 4.13. The Hall–Kier alpha value is -1.62. The number of aromatic nitrogens is 1. The average Bonchev–Trinajstić information content (AvgIpc) is 2.46.